The molecule has 2 aromatic rings. The predicted octanol–water partition coefficient (Wildman–Crippen LogP) is 2.16. The molecule has 1 N–H and O–H groups in total. The van der Waals surface area contributed by atoms with Crippen LogP contribution in [0.15, 0.2) is 59.5 Å². The number of amides is 1. The van der Waals surface area contributed by atoms with Crippen LogP contribution in [0.5, 0.6) is 0 Å². The number of hydrogen-bond donors (Lipinski definition) is 1. The molecule has 8 heteroatoms. The number of sulfonamides is 1. The number of piperazine rings is 1. The first-order chi connectivity index (χ1) is 12.9. The van der Waals surface area contributed by atoms with Crippen molar-refractivity contribution in [2.75, 3.05) is 31.5 Å². The van der Waals surface area contributed by atoms with E-state index in [1.54, 1.807) is 37.3 Å². The van der Waals surface area contributed by atoms with Crippen molar-refractivity contribution in [1.82, 2.24) is 9.21 Å². The fraction of sp³-hybridized carbons (Fsp3) is 0.316. The van der Waals surface area contributed by atoms with Gasteiger partial charge in [0.05, 0.1) is 10.9 Å². The smallest absolute Gasteiger partial charge is 0.243 e. The third-order valence-corrected chi connectivity index (χ3v) is 6.61. The maximum Gasteiger partial charge on any atom is 0.243 e. The number of carbonyl (C=O) groups excluding carboxylic acids is 1. The zero-order chi connectivity index (χ0) is 19.4. The van der Waals surface area contributed by atoms with E-state index in [0.29, 0.717) is 31.9 Å². The molecule has 1 aliphatic heterocycles. The molecule has 27 heavy (non-hydrogen) atoms. The SMILES string of the molecule is C[C@@H](C(=O)Nc1ccc(F)cc1)N1CCN(S(=O)(=O)c2ccccc2)CC1. The Bertz CT molecular complexity index is 880. The van der Waals surface area contributed by atoms with Gasteiger partial charge in [-0.15, -0.1) is 0 Å². The van der Waals surface area contributed by atoms with Crippen LogP contribution in [0.3, 0.4) is 0 Å². The predicted molar refractivity (Wildman–Crippen MR) is 101 cm³/mol. The number of nitrogens with one attached hydrogen (secondary N) is 1. The first-order valence-electron chi connectivity index (χ1n) is 8.73. The molecule has 1 heterocycles. The molecule has 0 bridgehead atoms. The van der Waals surface area contributed by atoms with E-state index in [1.807, 2.05) is 4.90 Å². The molecule has 1 amide bonds. The lowest BCUT2D eigenvalue weighted by Crippen LogP contribution is -2.53. The second kappa shape index (κ2) is 8.16. The van der Waals surface area contributed by atoms with Gasteiger partial charge in [-0.25, -0.2) is 12.8 Å². The van der Waals surface area contributed by atoms with E-state index in [4.69, 9.17) is 0 Å². The van der Waals surface area contributed by atoms with Gasteiger partial charge in [0, 0.05) is 31.9 Å². The quantitative estimate of drug-likeness (QED) is 0.848. The van der Waals surface area contributed by atoms with Gasteiger partial charge in [-0.2, -0.15) is 4.31 Å². The molecular weight excluding hydrogens is 369 g/mol. The lowest BCUT2D eigenvalue weighted by Gasteiger charge is -2.36. The molecule has 0 aromatic heterocycles. The highest BCUT2D eigenvalue weighted by atomic mass is 32.2. The van der Waals surface area contributed by atoms with Gasteiger partial charge >= 0.3 is 0 Å². The number of carbonyl (C=O) groups is 1. The second-order valence-corrected chi connectivity index (χ2v) is 8.36. The van der Waals surface area contributed by atoms with Crippen molar-refractivity contribution in [1.29, 1.82) is 0 Å². The van der Waals surface area contributed by atoms with Crippen LogP contribution in [-0.2, 0) is 14.8 Å². The van der Waals surface area contributed by atoms with Crippen LogP contribution in [0.25, 0.3) is 0 Å². The highest BCUT2D eigenvalue weighted by molar-refractivity contribution is 7.89. The molecule has 1 atom stereocenters. The van der Waals surface area contributed by atoms with E-state index in [1.165, 1.54) is 28.6 Å². The van der Waals surface area contributed by atoms with E-state index in [9.17, 15) is 17.6 Å². The van der Waals surface area contributed by atoms with Gasteiger partial charge < -0.3 is 5.32 Å². The molecule has 0 spiro atoms. The van der Waals surface area contributed by atoms with Crippen LogP contribution in [0.4, 0.5) is 10.1 Å². The largest absolute Gasteiger partial charge is 0.325 e. The molecule has 0 unspecified atom stereocenters. The average Bonchev–Trinajstić information content (AvgIpc) is 2.70. The Morgan fingerprint density at radius 1 is 1.00 bits per heavy atom. The molecule has 1 fully saturated rings. The number of anilines is 1. The summed E-state index contributed by atoms with van der Waals surface area (Å²) in [6.45, 7) is 3.35. The highest BCUT2D eigenvalue weighted by Crippen LogP contribution is 2.18. The molecule has 1 saturated heterocycles. The summed E-state index contributed by atoms with van der Waals surface area (Å²) >= 11 is 0. The van der Waals surface area contributed by atoms with Gasteiger partial charge in [0.15, 0.2) is 0 Å². The van der Waals surface area contributed by atoms with Gasteiger partial charge in [-0.05, 0) is 43.3 Å². The van der Waals surface area contributed by atoms with Gasteiger partial charge in [-0.3, -0.25) is 9.69 Å². The first-order valence-corrected chi connectivity index (χ1v) is 10.2. The molecular formula is C19H22FN3O3S. The Morgan fingerprint density at radius 3 is 2.19 bits per heavy atom. The Hall–Kier alpha value is -2.29. The molecule has 144 valence electrons. The van der Waals surface area contributed by atoms with Crippen molar-refractivity contribution in [2.24, 2.45) is 0 Å². The lowest BCUT2D eigenvalue weighted by atomic mass is 10.2. The normalized spacial score (nSPS) is 17.4. The summed E-state index contributed by atoms with van der Waals surface area (Å²) in [6.07, 6.45) is 0. The monoisotopic (exact) mass is 391 g/mol. The van der Waals surface area contributed by atoms with Crippen molar-refractivity contribution in [3.8, 4) is 0 Å². The van der Waals surface area contributed by atoms with Crippen LogP contribution >= 0.6 is 0 Å². The maximum absolute atomic E-state index is 13.0. The van der Waals surface area contributed by atoms with Crippen molar-refractivity contribution >= 4 is 21.6 Å². The Labute approximate surface area is 158 Å². The minimum absolute atomic E-state index is 0.207. The minimum atomic E-state index is -3.51. The zero-order valence-corrected chi connectivity index (χ0v) is 15.8. The molecule has 0 radical (unpaired) electrons. The van der Waals surface area contributed by atoms with Crippen LogP contribution in [0.1, 0.15) is 6.92 Å². The van der Waals surface area contributed by atoms with E-state index in [0.717, 1.165) is 0 Å². The van der Waals surface area contributed by atoms with Gasteiger partial charge in [0.1, 0.15) is 5.82 Å². The molecule has 0 aliphatic carbocycles. The number of rotatable bonds is 5. The van der Waals surface area contributed by atoms with Gasteiger partial charge in [0.2, 0.25) is 15.9 Å². The molecule has 6 nitrogen and oxygen atoms in total. The van der Waals surface area contributed by atoms with E-state index >= 15 is 0 Å². The fourth-order valence-electron chi connectivity index (χ4n) is 3.02. The fourth-order valence-corrected chi connectivity index (χ4v) is 4.46. The van der Waals surface area contributed by atoms with E-state index < -0.39 is 16.1 Å². The summed E-state index contributed by atoms with van der Waals surface area (Å²) in [4.78, 5) is 14.6. The number of halogens is 1. The second-order valence-electron chi connectivity index (χ2n) is 6.43. The van der Waals surface area contributed by atoms with Crippen molar-refractivity contribution in [2.45, 2.75) is 17.9 Å². The molecule has 1 aliphatic rings. The van der Waals surface area contributed by atoms with Crippen molar-refractivity contribution in [3.05, 3.63) is 60.4 Å². The lowest BCUT2D eigenvalue weighted by molar-refractivity contribution is -0.121. The third-order valence-electron chi connectivity index (χ3n) is 4.69. The molecule has 2 aromatic carbocycles. The number of benzene rings is 2. The number of hydrogen-bond acceptors (Lipinski definition) is 4. The minimum Gasteiger partial charge on any atom is -0.325 e. The van der Waals surface area contributed by atoms with E-state index in [-0.39, 0.29) is 16.6 Å². The zero-order valence-electron chi connectivity index (χ0n) is 15.0. The maximum atomic E-state index is 13.0. The third kappa shape index (κ3) is 4.52. The summed E-state index contributed by atoms with van der Waals surface area (Å²) in [6, 6.07) is 13.5. The number of nitrogens with zero attached hydrogens (tertiary/aromatic N) is 2. The van der Waals surface area contributed by atoms with Gasteiger partial charge in [-0.1, -0.05) is 18.2 Å². The van der Waals surface area contributed by atoms with E-state index in [2.05, 4.69) is 5.32 Å². The Morgan fingerprint density at radius 2 is 1.59 bits per heavy atom. The van der Waals surface area contributed by atoms with Crippen LogP contribution in [0.2, 0.25) is 0 Å². The summed E-state index contributed by atoms with van der Waals surface area (Å²) in [5, 5.41) is 2.75. The van der Waals surface area contributed by atoms with Crippen LogP contribution < -0.4 is 5.32 Å². The summed E-state index contributed by atoms with van der Waals surface area (Å²) in [7, 11) is -3.51. The highest BCUT2D eigenvalue weighted by Gasteiger charge is 2.31. The Kier molecular flexibility index (Phi) is 5.88. The van der Waals surface area contributed by atoms with Crippen LogP contribution in [0, 0.1) is 5.82 Å². The first kappa shape index (κ1) is 19.5. The Balaban J connectivity index is 1.58. The van der Waals surface area contributed by atoms with Gasteiger partial charge in [0.25, 0.3) is 0 Å². The average molecular weight is 391 g/mol. The van der Waals surface area contributed by atoms with Crippen molar-refractivity contribution < 1.29 is 17.6 Å². The summed E-state index contributed by atoms with van der Waals surface area (Å²) < 4.78 is 39.7. The van der Waals surface area contributed by atoms with Crippen molar-refractivity contribution in [3.63, 3.8) is 0 Å². The molecule has 3 rings (SSSR count). The summed E-state index contributed by atoms with van der Waals surface area (Å²) in [5.41, 5.74) is 0.526. The standard InChI is InChI=1S/C19H22FN3O3S/c1-15(19(24)21-17-9-7-16(20)8-10-17)22-11-13-23(14-12-22)27(25,26)18-5-3-2-4-6-18/h2-10,15H,11-14H2,1H3,(H,21,24)/t15-/m0/s1. The molecule has 0 saturated carbocycles. The van der Waals surface area contributed by atoms with Crippen LogP contribution in [-0.4, -0.2) is 55.8 Å². The summed E-state index contributed by atoms with van der Waals surface area (Å²) in [5.74, 6) is -0.572. The topological polar surface area (TPSA) is 69.7 Å².